The van der Waals surface area contributed by atoms with Crippen molar-refractivity contribution in [2.24, 2.45) is 5.92 Å². The summed E-state index contributed by atoms with van der Waals surface area (Å²) >= 11 is 10.8. The zero-order valence-corrected chi connectivity index (χ0v) is 14.7. The molecule has 2 aromatic rings. The molecule has 1 aliphatic rings. The number of thiocarbonyl (C=S) groups is 1. The number of halogens is 1. The van der Waals surface area contributed by atoms with Crippen LogP contribution in [0.2, 0.25) is 5.02 Å². The Hall–Kier alpha value is -2.44. The zero-order chi connectivity index (χ0) is 17.8. The van der Waals surface area contributed by atoms with Crippen molar-refractivity contribution in [1.29, 1.82) is 0 Å². The normalized spacial score (nSPS) is 18.1. The lowest BCUT2D eigenvalue weighted by Crippen LogP contribution is -2.49. The zero-order valence-electron chi connectivity index (χ0n) is 13.2. The first-order chi connectivity index (χ1) is 12.0. The standard InChI is InChI=1S/C18H16ClN3O2S/c19-13-8-6-12(7-9-13)16(23)20-18(25)22-21-17(24)15-10-14(15)11-4-2-1-3-5-11/h1-9,14-15H,10H2,(H,21,24)(H2,20,22,23,25). The molecule has 0 aromatic heterocycles. The number of rotatable bonds is 3. The number of benzene rings is 2. The van der Waals surface area contributed by atoms with Gasteiger partial charge in [-0.15, -0.1) is 0 Å². The van der Waals surface area contributed by atoms with Crippen molar-refractivity contribution >= 4 is 40.7 Å². The maximum Gasteiger partial charge on any atom is 0.257 e. The maximum atomic E-state index is 12.1. The predicted octanol–water partition coefficient (Wildman–Crippen LogP) is 2.78. The van der Waals surface area contributed by atoms with Crippen LogP contribution in [0, 0.1) is 5.92 Å². The summed E-state index contributed by atoms with van der Waals surface area (Å²) in [5.74, 6) is -0.362. The van der Waals surface area contributed by atoms with Gasteiger partial charge in [0.1, 0.15) is 0 Å². The van der Waals surface area contributed by atoms with Crippen LogP contribution in [0.3, 0.4) is 0 Å². The Balaban J connectivity index is 1.44. The van der Waals surface area contributed by atoms with E-state index in [1.54, 1.807) is 24.3 Å². The lowest BCUT2D eigenvalue weighted by molar-refractivity contribution is -0.123. The predicted molar refractivity (Wildman–Crippen MR) is 100 cm³/mol. The first-order valence-corrected chi connectivity index (χ1v) is 8.55. The Morgan fingerprint density at radius 1 is 1.00 bits per heavy atom. The Morgan fingerprint density at radius 3 is 2.36 bits per heavy atom. The summed E-state index contributed by atoms with van der Waals surface area (Å²) in [6, 6.07) is 16.3. The summed E-state index contributed by atoms with van der Waals surface area (Å²) in [6.45, 7) is 0. The molecule has 0 spiro atoms. The Bertz CT molecular complexity index is 796. The molecule has 1 saturated carbocycles. The highest BCUT2D eigenvalue weighted by Crippen LogP contribution is 2.47. The quantitative estimate of drug-likeness (QED) is 0.571. The van der Waals surface area contributed by atoms with Crippen LogP contribution in [0.25, 0.3) is 0 Å². The van der Waals surface area contributed by atoms with Crippen LogP contribution in [0.5, 0.6) is 0 Å². The summed E-state index contributed by atoms with van der Waals surface area (Å²) in [7, 11) is 0. The van der Waals surface area contributed by atoms with Crippen molar-refractivity contribution in [3.63, 3.8) is 0 Å². The SMILES string of the molecule is O=C(NC(=S)NNC(=O)C1CC1c1ccccc1)c1ccc(Cl)cc1. The molecule has 1 fully saturated rings. The molecule has 7 heteroatoms. The molecular weight excluding hydrogens is 358 g/mol. The molecule has 0 heterocycles. The molecule has 2 atom stereocenters. The third kappa shape index (κ3) is 4.55. The second-order valence-corrected chi connectivity index (χ2v) is 6.61. The number of hydrazine groups is 1. The Kier molecular flexibility index (Phi) is 5.31. The van der Waals surface area contributed by atoms with Crippen LogP contribution in [0.4, 0.5) is 0 Å². The molecule has 0 bridgehead atoms. The average Bonchev–Trinajstić information content (AvgIpc) is 3.42. The van der Waals surface area contributed by atoms with E-state index in [9.17, 15) is 9.59 Å². The molecule has 3 N–H and O–H groups in total. The molecule has 0 radical (unpaired) electrons. The van der Waals surface area contributed by atoms with Crippen LogP contribution in [0.1, 0.15) is 28.3 Å². The van der Waals surface area contributed by atoms with E-state index in [2.05, 4.69) is 16.2 Å². The highest BCUT2D eigenvalue weighted by atomic mass is 35.5. The third-order valence-corrected chi connectivity index (χ3v) is 4.44. The fraction of sp³-hybridized carbons (Fsp3) is 0.167. The van der Waals surface area contributed by atoms with Gasteiger partial charge in [0, 0.05) is 16.5 Å². The molecular formula is C18H16ClN3O2S. The van der Waals surface area contributed by atoms with E-state index in [1.807, 2.05) is 30.3 Å². The van der Waals surface area contributed by atoms with Crippen molar-refractivity contribution in [3.8, 4) is 0 Å². The first kappa shape index (κ1) is 17.4. The van der Waals surface area contributed by atoms with Crippen molar-refractivity contribution < 1.29 is 9.59 Å². The lowest BCUT2D eigenvalue weighted by Gasteiger charge is -2.11. The van der Waals surface area contributed by atoms with E-state index < -0.39 is 0 Å². The van der Waals surface area contributed by atoms with Crippen LogP contribution < -0.4 is 16.2 Å². The van der Waals surface area contributed by atoms with Crippen molar-refractivity contribution in [2.75, 3.05) is 0 Å². The van der Waals surface area contributed by atoms with E-state index in [1.165, 1.54) is 0 Å². The van der Waals surface area contributed by atoms with Gasteiger partial charge in [-0.2, -0.15) is 0 Å². The second kappa shape index (κ2) is 7.63. The number of carbonyl (C=O) groups is 2. The monoisotopic (exact) mass is 373 g/mol. The summed E-state index contributed by atoms with van der Waals surface area (Å²) in [5.41, 5.74) is 6.68. The lowest BCUT2D eigenvalue weighted by atomic mass is 10.1. The molecule has 25 heavy (non-hydrogen) atoms. The topological polar surface area (TPSA) is 70.2 Å². The number of hydrogen-bond donors (Lipinski definition) is 3. The molecule has 2 unspecified atom stereocenters. The Labute approximate surface area is 155 Å². The van der Waals surface area contributed by atoms with Gasteiger partial charge in [-0.25, -0.2) is 0 Å². The third-order valence-electron chi connectivity index (χ3n) is 3.99. The number of hydrogen-bond acceptors (Lipinski definition) is 3. The summed E-state index contributed by atoms with van der Waals surface area (Å²) in [6.07, 6.45) is 0.807. The highest BCUT2D eigenvalue weighted by molar-refractivity contribution is 7.80. The molecule has 128 valence electrons. The second-order valence-electron chi connectivity index (χ2n) is 5.76. The molecule has 0 saturated heterocycles. The van der Waals surface area contributed by atoms with E-state index in [-0.39, 0.29) is 28.8 Å². The van der Waals surface area contributed by atoms with E-state index in [4.69, 9.17) is 23.8 Å². The minimum atomic E-state index is -0.378. The van der Waals surface area contributed by atoms with Gasteiger partial charge in [-0.05, 0) is 54.4 Å². The largest absolute Gasteiger partial charge is 0.298 e. The molecule has 1 aliphatic carbocycles. The van der Waals surface area contributed by atoms with E-state index >= 15 is 0 Å². The number of nitrogens with one attached hydrogen (secondary N) is 3. The van der Waals surface area contributed by atoms with Gasteiger partial charge in [-0.1, -0.05) is 41.9 Å². The van der Waals surface area contributed by atoms with E-state index in [0.29, 0.717) is 10.6 Å². The summed E-state index contributed by atoms with van der Waals surface area (Å²) in [5, 5.41) is 3.07. The van der Waals surface area contributed by atoms with Crippen LogP contribution in [-0.4, -0.2) is 16.9 Å². The molecule has 2 aromatic carbocycles. The number of amides is 2. The van der Waals surface area contributed by atoms with Crippen LogP contribution in [0.15, 0.2) is 54.6 Å². The van der Waals surface area contributed by atoms with Gasteiger partial charge in [-0.3, -0.25) is 25.8 Å². The van der Waals surface area contributed by atoms with Crippen molar-refractivity contribution in [2.45, 2.75) is 12.3 Å². The fourth-order valence-corrected chi connectivity index (χ4v) is 2.84. The molecule has 2 amide bonds. The first-order valence-electron chi connectivity index (χ1n) is 7.76. The van der Waals surface area contributed by atoms with Crippen LogP contribution >= 0.6 is 23.8 Å². The summed E-state index contributed by atoms with van der Waals surface area (Å²) in [4.78, 5) is 24.1. The van der Waals surface area contributed by atoms with Crippen molar-refractivity contribution in [1.82, 2.24) is 16.2 Å². The fourth-order valence-electron chi connectivity index (χ4n) is 2.57. The molecule has 5 nitrogen and oxygen atoms in total. The van der Waals surface area contributed by atoms with Crippen molar-refractivity contribution in [3.05, 3.63) is 70.7 Å². The Morgan fingerprint density at radius 2 is 1.68 bits per heavy atom. The minimum Gasteiger partial charge on any atom is -0.298 e. The minimum absolute atomic E-state index is 0.0326. The number of carbonyl (C=O) groups excluding carboxylic acids is 2. The highest BCUT2D eigenvalue weighted by Gasteiger charge is 2.43. The van der Waals surface area contributed by atoms with Gasteiger partial charge in [0.25, 0.3) is 5.91 Å². The van der Waals surface area contributed by atoms with Crippen LogP contribution in [-0.2, 0) is 4.79 Å². The van der Waals surface area contributed by atoms with Gasteiger partial charge in [0.15, 0.2) is 5.11 Å². The average molecular weight is 374 g/mol. The van der Waals surface area contributed by atoms with Gasteiger partial charge in [0.05, 0.1) is 0 Å². The van der Waals surface area contributed by atoms with Gasteiger partial charge in [0.2, 0.25) is 5.91 Å². The smallest absolute Gasteiger partial charge is 0.257 e. The molecule has 3 rings (SSSR count). The van der Waals surface area contributed by atoms with Gasteiger partial charge < -0.3 is 0 Å². The van der Waals surface area contributed by atoms with Gasteiger partial charge >= 0.3 is 0 Å². The van der Waals surface area contributed by atoms with E-state index in [0.717, 1.165) is 12.0 Å². The molecule has 0 aliphatic heterocycles. The maximum absolute atomic E-state index is 12.1. The summed E-state index contributed by atoms with van der Waals surface area (Å²) < 4.78 is 0.